The number of anilines is 4. The summed E-state index contributed by atoms with van der Waals surface area (Å²) in [6.07, 6.45) is 3.49. The van der Waals surface area contributed by atoms with Gasteiger partial charge in [0.2, 0.25) is 11.9 Å². The van der Waals surface area contributed by atoms with Crippen molar-refractivity contribution in [2.75, 3.05) is 66.4 Å². The smallest absolute Gasteiger partial charge is 0.306 e. The number of hydrogen-bond donors (Lipinski definition) is 2. The number of likely N-dealkylation sites (N-methyl/N-ethyl adjacent to an activating group) is 1. The lowest BCUT2D eigenvalue weighted by Crippen LogP contribution is -2.49. The van der Waals surface area contributed by atoms with Crippen LogP contribution in [0.5, 0.6) is 0 Å². The summed E-state index contributed by atoms with van der Waals surface area (Å²) in [5.41, 5.74) is 1.35. The number of aliphatic carboxylic acids is 1. The average Bonchev–Trinajstić information content (AvgIpc) is 3.11. The van der Waals surface area contributed by atoms with Crippen molar-refractivity contribution in [1.82, 2.24) is 9.97 Å². The number of fused-ring (bicyclic) bond motifs is 3. The number of aromatic amines is 1. The zero-order valence-electron chi connectivity index (χ0n) is 21.8. The monoisotopic (exact) mass is 524 g/mol. The molecule has 0 bridgehead atoms. The fourth-order valence-electron chi connectivity index (χ4n) is 6.75. The van der Waals surface area contributed by atoms with Gasteiger partial charge in [-0.1, -0.05) is 0 Å². The van der Waals surface area contributed by atoms with Gasteiger partial charge in [-0.15, -0.1) is 0 Å². The Labute approximate surface area is 220 Å². The number of rotatable bonds is 3. The molecule has 2 saturated heterocycles. The van der Waals surface area contributed by atoms with Crippen molar-refractivity contribution in [3.05, 3.63) is 39.4 Å². The molecule has 0 unspecified atom stereocenters. The van der Waals surface area contributed by atoms with Crippen molar-refractivity contribution in [1.29, 1.82) is 0 Å². The van der Waals surface area contributed by atoms with Gasteiger partial charge >= 0.3 is 5.97 Å². The Bertz CT molecular complexity index is 1360. The molecule has 11 heteroatoms. The van der Waals surface area contributed by atoms with Crippen LogP contribution in [-0.2, 0) is 21.4 Å². The largest absolute Gasteiger partial charge is 0.481 e. The predicted octanol–water partition coefficient (Wildman–Crippen LogP) is 2.11. The average molecular weight is 525 g/mol. The normalized spacial score (nSPS) is 21.2. The van der Waals surface area contributed by atoms with E-state index in [0.29, 0.717) is 92.6 Å². The topological polar surface area (TPSA) is 113 Å². The van der Waals surface area contributed by atoms with E-state index in [1.54, 1.807) is 11.9 Å². The number of amides is 1. The van der Waals surface area contributed by atoms with E-state index in [2.05, 4.69) is 4.98 Å². The molecule has 0 radical (unpaired) electrons. The van der Waals surface area contributed by atoms with E-state index in [1.165, 1.54) is 6.07 Å². The van der Waals surface area contributed by atoms with Crippen LogP contribution in [0.2, 0.25) is 0 Å². The van der Waals surface area contributed by atoms with Crippen LogP contribution in [0, 0.1) is 11.7 Å². The van der Waals surface area contributed by atoms with Gasteiger partial charge < -0.3 is 24.7 Å². The number of aromatic nitrogens is 2. The Kier molecular flexibility index (Phi) is 5.84. The highest BCUT2D eigenvalue weighted by Crippen LogP contribution is 2.50. The minimum atomic E-state index is -0.954. The number of carbonyl (C=O) groups is 2. The summed E-state index contributed by atoms with van der Waals surface area (Å²) in [4.78, 5) is 52.9. The van der Waals surface area contributed by atoms with Gasteiger partial charge in [0.25, 0.3) is 5.56 Å². The van der Waals surface area contributed by atoms with E-state index in [1.807, 2.05) is 27.8 Å². The van der Waals surface area contributed by atoms with E-state index in [0.717, 1.165) is 13.0 Å². The number of halogens is 1. The third kappa shape index (κ3) is 3.73. The van der Waals surface area contributed by atoms with Crippen molar-refractivity contribution in [2.45, 2.75) is 43.9 Å². The predicted molar refractivity (Wildman–Crippen MR) is 142 cm³/mol. The zero-order chi connectivity index (χ0) is 26.8. The number of hydrogen-bond acceptors (Lipinski definition) is 7. The van der Waals surface area contributed by atoms with Crippen LogP contribution < -0.4 is 25.2 Å². The maximum atomic E-state index is 15.8. The van der Waals surface area contributed by atoms with E-state index >= 15 is 4.39 Å². The molecule has 2 N–H and O–H groups in total. The molecule has 0 atom stereocenters. The van der Waals surface area contributed by atoms with Gasteiger partial charge in [0.05, 0.1) is 22.6 Å². The molecule has 1 aromatic heterocycles. The molecule has 0 saturated carbocycles. The summed E-state index contributed by atoms with van der Waals surface area (Å²) >= 11 is 0. The summed E-state index contributed by atoms with van der Waals surface area (Å²) < 4.78 is 15.8. The first-order valence-electron chi connectivity index (χ1n) is 13.4. The second-order valence-corrected chi connectivity index (χ2v) is 11.1. The number of nitrogens with one attached hydrogen (secondary N) is 1. The van der Waals surface area contributed by atoms with Gasteiger partial charge in [-0.25, -0.2) is 4.39 Å². The molecule has 202 valence electrons. The first-order chi connectivity index (χ1) is 18.2. The van der Waals surface area contributed by atoms with Crippen molar-refractivity contribution in [3.63, 3.8) is 0 Å². The van der Waals surface area contributed by atoms with Crippen molar-refractivity contribution in [3.8, 4) is 0 Å². The van der Waals surface area contributed by atoms with E-state index in [-0.39, 0.29) is 17.4 Å². The Hall–Kier alpha value is -3.63. The summed E-state index contributed by atoms with van der Waals surface area (Å²) in [5, 5.41) is 9.29. The first kappa shape index (κ1) is 24.7. The van der Waals surface area contributed by atoms with Crippen LogP contribution in [0.15, 0.2) is 16.9 Å². The summed E-state index contributed by atoms with van der Waals surface area (Å²) in [7, 11) is 3.63. The summed E-state index contributed by atoms with van der Waals surface area (Å²) in [6.45, 7) is 2.85. The van der Waals surface area contributed by atoms with Gasteiger partial charge in [-0.05, 0) is 50.7 Å². The van der Waals surface area contributed by atoms with Gasteiger partial charge in [0, 0.05) is 58.1 Å². The fourth-order valence-corrected chi connectivity index (χ4v) is 6.75. The van der Waals surface area contributed by atoms with Gasteiger partial charge in [-0.2, -0.15) is 4.98 Å². The Morgan fingerprint density at radius 2 is 1.79 bits per heavy atom. The number of piperidine rings is 2. The molecule has 2 aromatic rings. The maximum Gasteiger partial charge on any atom is 0.306 e. The van der Waals surface area contributed by atoms with E-state index in [4.69, 9.17) is 4.98 Å². The third-order valence-corrected chi connectivity index (χ3v) is 9.00. The quantitative estimate of drug-likeness (QED) is 0.628. The number of carboxylic acid groups (broad SMARTS) is 1. The van der Waals surface area contributed by atoms with Gasteiger partial charge in [0.15, 0.2) is 0 Å². The maximum absolute atomic E-state index is 15.8. The third-order valence-electron chi connectivity index (χ3n) is 9.00. The highest BCUT2D eigenvalue weighted by molar-refractivity contribution is 6.08. The Balaban J connectivity index is 1.26. The SMILES string of the molecule is CN1CCCc2c1nc(N1CCC3(CC1)C(=O)N(C)c1cc(N4CCC(C(=O)O)CC4)cc(F)c13)[nH]c2=O. The molecular weight excluding hydrogens is 491 g/mol. The van der Waals surface area contributed by atoms with Crippen LogP contribution in [0.4, 0.5) is 27.5 Å². The van der Waals surface area contributed by atoms with E-state index < -0.39 is 17.2 Å². The molecule has 1 amide bonds. The van der Waals surface area contributed by atoms with Gasteiger partial charge in [0.1, 0.15) is 11.6 Å². The highest BCUT2D eigenvalue weighted by atomic mass is 19.1. The minimum Gasteiger partial charge on any atom is -0.481 e. The lowest BCUT2D eigenvalue weighted by atomic mass is 9.73. The standard InChI is InChI=1S/C27H33FN6O4/c1-31-9-3-4-18-22(31)29-26(30-23(18)35)34-12-7-27(8-13-34)21-19(28)14-17(15-20(21)32(2)25(27)38)33-10-5-16(6-11-33)24(36)37/h14-16H,3-13H2,1-2H3,(H,36,37)(H,29,30,35). The van der Waals surface area contributed by atoms with Gasteiger partial charge in [-0.3, -0.25) is 19.4 Å². The molecule has 1 spiro atoms. The molecule has 4 aliphatic rings. The van der Waals surface area contributed by atoms with Crippen LogP contribution in [0.25, 0.3) is 0 Å². The summed E-state index contributed by atoms with van der Waals surface area (Å²) in [5.74, 6) is -0.459. The molecule has 1 aromatic carbocycles. The Morgan fingerprint density at radius 3 is 2.47 bits per heavy atom. The van der Waals surface area contributed by atoms with Crippen LogP contribution in [-0.4, -0.2) is 73.8 Å². The van der Waals surface area contributed by atoms with Crippen LogP contribution >= 0.6 is 0 Å². The first-order valence-corrected chi connectivity index (χ1v) is 13.4. The number of H-pyrrole nitrogens is 1. The second kappa shape index (κ2) is 8.99. The molecular formula is C27H33FN6O4. The lowest BCUT2D eigenvalue weighted by Gasteiger charge is -2.39. The van der Waals surface area contributed by atoms with E-state index in [9.17, 15) is 19.5 Å². The second-order valence-electron chi connectivity index (χ2n) is 11.1. The number of benzene rings is 1. The molecule has 2 fully saturated rings. The highest BCUT2D eigenvalue weighted by Gasteiger charge is 2.53. The molecule has 0 aliphatic carbocycles. The molecule has 4 aliphatic heterocycles. The Morgan fingerprint density at radius 1 is 1.08 bits per heavy atom. The van der Waals surface area contributed by atoms with Crippen molar-refractivity contribution >= 4 is 35.0 Å². The fraction of sp³-hybridized carbons (Fsp3) is 0.556. The number of nitrogens with zero attached hydrogens (tertiary/aromatic N) is 5. The number of carboxylic acids is 1. The molecule has 6 rings (SSSR count). The van der Waals surface area contributed by atoms with Crippen LogP contribution in [0.1, 0.15) is 43.2 Å². The lowest BCUT2D eigenvalue weighted by molar-refractivity contribution is -0.142. The molecule has 38 heavy (non-hydrogen) atoms. The van der Waals surface area contributed by atoms with Crippen molar-refractivity contribution < 1.29 is 19.1 Å². The summed E-state index contributed by atoms with van der Waals surface area (Å²) in [6, 6.07) is 3.37. The zero-order valence-corrected chi connectivity index (χ0v) is 21.8. The van der Waals surface area contributed by atoms with Crippen molar-refractivity contribution in [2.24, 2.45) is 5.92 Å². The molecule has 5 heterocycles. The molecule has 10 nitrogen and oxygen atoms in total. The van der Waals surface area contributed by atoms with Crippen LogP contribution in [0.3, 0.4) is 0 Å². The number of carbonyl (C=O) groups excluding carboxylic acids is 1. The minimum absolute atomic E-state index is 0.112.